The van der Waals surface area contributed by atoms with Crippen molar-refractivity contribution in [1.82, 2.24) is 20.4 Å². The molecule has 0 aliphatic carbocycles. The van der Waals surface area contributed by atoms with Crippen LogP contribution < -0.4 is 10.6 Å². The molecule has 0 spiro atoms. The molecule has 0 bridgehead atoms. The van der Waals surface area contributed by atoms with Crippen LogP contribution in [0.4, 0.5) is 0 Å². The van der Waals surface area contributed by atoms with Crippen LogP contribution in [0.3, 0.4) is 0 Å². The Labute approximate surface area is 163 Å². The van der Waals surface area contributed by atoms with Gasteiger partial charge in [-0.05, 0) is 37.6 Å². The van der Waals surface area contributed by atoms with Crippen LogP contribution in [0.25, 0.3) is 0 Å². The Hall–Kier alpha value is -2.16. The highest BCUT2D eigenvalue weighted by Gasteiger charge is 2.26. The molecule has 8 heteroatoms. The lowest BCUT2D eigenvalue weighted by Gasteiger charge is -2.37. The van der Waals surface area contributed by atoms with Crippen LogP contribution >= 0.6 is 11.3 Å². The maximum Gasteiger partial charge on any atom is 0.287 e. The van der Waals surface area contributed by atoms with E-state index in [0.29, 0.717) is 6.54 Å². The maximum absolute atomic E-state index is 12.5. The van der Waals surface area contributed by atoms with Gasteiger partial charge in [0.25, 0.3) is 5.91 Å². The Morgan fingerprint density at radius 2 is 2.00 bits per heavy atom. The molecule has 2 aromatic rings. The summed E-state index contributed by atoms with van der Waals surface area (Å²) in [5.41, 5.74) is 0. The van der Waals surface area contributed by atoms with Gasteiger partial charge in [-0.2, -0.15) is 0 Å². The molecular weight excluding hydrogens is 364 g/mol. The topological polar surface area (TPSA) is 77.8 Å². The number of furan rings is 1. The number of carbonyl (C=O) groups is 2. The summed E-state index contributed by atoms with van der Waals surface area (Å²) in [4.78, 5) is 30.5. The summed E-state index contributed by atoms with van der Waals surface area (Å²) >= 11 is 1.71. The van der Waals surface area contributed by atoms with Crippen LogP contribution in [-0.2, 0) is 4.79 Å². The fraction of sp³-hybridized carbons (Fsp3) is 0.474. The third-order valence-corrected chi connectivity index (χ3v) is 5.78. The first-order chi connectivity index (χ1) is 13.0. The number of piperazine rings is 1. The van der Waals surface area contributed by atoms with Crippen molar-refractivity contribution in [3.8, 4) is 0 Å². The molecule has 7 nitrogen and oxygen atoms in total. The minimum absolute atomic E-state index is 0.149. The minimum atomic E-state index is -0.640. The van der Waals surface area contributed by atoms with Gasteiger partial charge in [0.2, 0.25) is 5.91 Å². The molecule has 2 N–H and O–H groups in total. The summed E-state index contributed by atoms with van der Waals surface area (Å²) in [6, 6.07) is 6.87. The van der Waals surface area contributed by atoms with Crippen LogP contribution in [-0.4, -0.2) is 67.4 Å². The number of likely N-dealkylation sites (N-methyl/N-ethyl adjacent to an activating group) is 1. The smallest absolute Gasteiger partial charge is 0.287 e. The van der Waals surface area contributed by atoms with Crippen molar-refractivity contribution in [2.75, 3.05) is 39.8 Å². The van der Waals surface area contributed by atoms with Gasteiger partial charge in [-0.3, -0.25) is 14.5 Å². The van der Waals surface area contributed by atoms with Gasteiger partial charge in [0, 0.05) is 37.6 Å². The molecule has 2 amide bonds. The molecule has 2 aromatic heterocycles. The van der Waals surface area contributed by atoms with Crippen LogP contribution in [0, 0.1) is 0 Å². The van der Waals surface area contributed by atoms with Crippen LogP contribution in [0.5, 0.6) is 0 Å². The fourth-order valence-electron chi connectivity index (χ4n) is 3.12. The molecule has 3 heterocycles. The first-order valence-electron chi connectivity index (χ1n) is 9.12. The highest BCUT2D eigenvalue weighted by atomic mass is 32.1. The summed E-state index contributed by atoms with van der Waals surface area (Å²) in [6.45, 7) is 6.17. The number of nitrogens with zero attached hydrogens (tertiary/aromatic N) is 2. The Morgan fingerprint density at radius 3 is 2.63 bits per heavy atom. The zero-order chi connectivity index (χ0) is 19.2. The minimum Gasteiger partial charge on any atom is -0.459 e. The Kier molecular flexibility index (Phi) is 6.65. The standard InChI is InChI=1S/C19H26N4O3S/c1-14(21-19(25)16-5-3-11-26-16)18(24)20-13-15(17-6-4-12-27-17)23-9-7-22(2)8-10-23/h3-6,11-12,14-15H,7-10,13H2,1-2H3,(H,20,24)(H,21,25)/t14-,15-/m1/s1. The molecule has 0 unspecified atom stereocenters. The molecule has 0 radical (unpaired) electrons. The van der Waals surface area contributed by atoms with Crippen LogP contribution in [0.1, 0.15) is 28.4 Å². The second kappa shape index (κ2) is 9.16. The maximum atomic E-state index is 12.5. The van der Waals surface area contributed by atoms with Crippen molar-refractivity contribution in [1.29, 1.82) is 0 Å². The van der Waals surface area contributed by atoms with E-state index in [2.05, 4.69) is 38.9 Å². The molecule has 1 aliphatic rings. The van der Waals surface area contributed by atoms with E-state index in [9.17, 15) is 9.59 Å². The zero-order valence-corrected chi connectivity index (χ0v) is 16.5. The number of nitrogens with one attached hydrogen (secondary N) is 2. The molecule has 2 atom stereocenters. The van der Waals surface area contributed by atoms with E-state index >= 15 is 0 Å². The van der Waals surface area contributed by atoms with E-state index < -0.39 is 11.9 Å². The van der Waals surface area contributed by atoms with Crippen molar-refractivity contribution in [2.24, 2.45) is 0 Å². The fourth-order valence-corrected chi connectivity index (χ4v) is 3.98. The number of carbonyl (C=O) groups excluding carboxylic acids is 2. The number of hydrogen-bond acceptors (Lipinski definition) is 6. The van der Waals surface area contributed by atoms with E-state index in [0.717, 1.165) is 26.2 Å². The van der Waals surface area contributed by atoms with Crippen molar-refractivity contribution < 1.29 is 14.0 Å². The van der Waals surface area contributed by atoms with Gasteiger partial charge < -0.3 is 20.0 Å². The highest BCUT2D eigenvalue weighted by molar-refractivity contribution is 7.10. The molecule has 0 aromatic carbocycles. The van der Waals surface area contributed by atoms with E-state index in [1.807, 2.05) is 6.07 Å². The first kappa shape index (κ1) is 19.6. The quantitative estimate of drug-likeness (QED) is 0.750. The average molecular weight is 391 g/mol. The van der Waals surface area contributed by atoms with Crippen molar-refractivity contribution in [2.45, 2.75) is 19.0 Å². The van der Waals surface area contributed by atoms with Gasteiger partial charge >= 0.3 is 0 Å². The van der Waals surface area contributed by atoms with Gasteiger partial charge in [-0.25, -0.2) is 0 Å². The second-order valence-corrected chi connectivity index (χ2v) is 7.77. The van der Waals surface area contributed by atoms with Gasteiger partial charge in [-0.15, -0.1) is 11.3 Å². The predicted molar refractivity (Wildman–Crippen MR) is 105 cm³/mol. The molecule has 3 rings (SSSR count). The molecule has 1 saturated heterocycles. The predicted octanol–water partition coefficient (Wildman–Crippen LogP) is 1.56. The van der Waals surface area contributed by atoms with E-state index in [-0.39, 0.29) is 17.7 Å². The summed E-state index contributed by atoms with van der Waals surface area (Å²) in [7, 11) is 2.13. The number of amides is 2. The number of rotatable bonds is 7. The third kappa shape index (κ3) is 5.18. The molecule has 0 saturated carbocycles. The lowest BCUT2D eigenvalue weighted by atomic mass is 10.1. The van der Waals surface area contributed by atoms with Gasteiger partial charge in [0.1, 0.15) is 6.04 Å². The summed E-state index contributed by atoms with van der Waals surface area (Å²) in [5, 5.41) is 7.72. The number of thiophene rings is 1. The zero-order valence-electron chi connectivity index (χ0n) is 15.7. The molecular formula is C19H26N4O3S. The lowest BCUT2D eigenvalue weighted by Crippen LogP contribution is -2.50. The molecule has 1 aliphatic heterocycles. The Balaban J connectivity index is 1.56. The first-order valence-corrected chi connectivity index (χ1v) is 10.0. The summed E-state index contributed by atoms with van der Waals surface area (Å²) < 4.78 is 5.06. The van der Waals surface area contributed by atoms with Crippen LogP contribution in [0.2, 0.25) is 0 Å². The summed E-state index contributed by atoms with van der Waals surface area (Å²) in [6.07, 6.45) is 1.43. The third-order valence-electron chi connectivity index (χ3n) is 4.81. The highest BCUT2D eigenvalue weighted by Crippen LogP contribution is 2.25. The van der Waals surface area contributed by atoms with Gasteiger partial charge in [0.05, 0.1) is 12.3 Å². The monoisotopic (exact) mass is 390 g/mol. The van der Waals surface area contributed by atoms with Gasteiger partial charge in [-0.1, -0.05) is 6.07 Å². The Bertz CT molecular complexity index is 724. The average Bonchev–Trinajstić information content (AvgIpc) is 3.37. The van der Waals surface area contributed by atoms with Crippen LogP contribution in [0.15, 0.2) is 40.3 Å². The SMILES string of the molecule is C[C@@H](NC(=O)c1ccco1)C(=O)NC[C@H](c1cccs1)N1CCN(C)CC1. The van der Waals surface area contributed by atoms with Gasteiger partial charge in [0.15, 0.2) is 5.76 Å². The van der Waals surface area contributed by atoms with E-state index in [4.69, 9.17) is 4.42 Å². The van der Waals surface area contributed by atoms with E-state index in [1.165, 1.54) is 11.1 Å². The normalized spacial score (nSPS) is 18.0. The second-order valence-electron chi connectivity index (χ2n) is 6.79. The molecule has 146 valence electrons. The van der Waals surface area contributed by atoms with E-state index in [1.54, 1.807) is 30.4 Å². The van der Waals surface area contributed by atoms with Crippen molar-refractivity contribution in [3.05, 3.63) is 46.5 Å². The summed E-state index contributed by atoms with van der Waals surface area (Å²) in [5.74, 6) is -0.398. The van der Waals surface area contributed by atoms with Crippen molar-refractivity contribution >= 4 is 23.2 Å². The molecule has 27 heavy (non-hydrogen) atoms. The number of hydrogen-bond donors (Lipinski definition) is 2. The Morgan fingerprint density at radius 1 is 1.22 bits per heavy atom. The largest absolute Gasteiger partial charge is 0.459 e. The molecule has 1 fully saturated rings. The van der Waals surface area contributed by atoms with Crippen molar-refractivity contribution in [3.63, 3.8) is 0 Å². The lowest BCUT2D eigenvalue weighted by molar-refractivity contribution is -0.122.